The highest BCUT2D eigenvalue weighted by Gasteiger charge is 2.09. The van der Waals surface area contributed by atoms with E-state index in [0.29, 0.717) is 5.76 Å². The molecule has 0 unspecified atom stereocenters. The van der Waals surface area contributed by atoms with E-state index in [1.165, 1.54) is 6.92 Å². The summed E-state index contributed by atoms with van der Waals surface area (Å²) < 4.78 is 10.6. The van der Waals surface area contributed by atoms with Crippen LogP contribution in [0.15, 0.2) is 59.1 Å². The Balaban J connectivity index is 1.81. The van der Waals surface area contributed by atoms with Crippen LogP contribution < -0.4 is 10.1 Å². The van der Waals surface area contributed by atoms with Gasteiger partial charge in [0.25, 0.3) is 0 Å². The molecule has 5 nitrogen and oxygen atoms in total. The molecular formula is C18H16N2O3. The van der Waals surface area contributed by atoms with Crippen LogP contribution in [0.25, 0.3) is 22.6 Å². The van der Waals surface area contributed by atoms with Crippen molar-refractivity contribution in [2.75, 3.05) is 12.4 Å². The van der Waals surface area contributed by atoms with Crippen molar-refractivity contribution in [2.24, 2.45) is 0 Å². The summed E-state index contributed by atoms with van der Waals surface area (Å²) >= 11 is 0. The van der Waals surface area contributed by atoms with Gasteiger partial charge in [0.2, 0.25) is 5.91 Å². The van der Waals surface area contributed by atoms with Gasteiger partial charge in [-0.15, -0.1) is 0 Å². The molecule has 1 heterocycles. The smallest absolute Gasteiger partial charge is 0.221 e. The molecule has 0 fully saturated rings. The van der Waals surface area contributed by atoms with Crippen LogP contribution in [0.5, 0.6) is 5.75 Å². The number of anilines is 1. The van der Waals surface area contributed by atoms with Gasteiger partial charge < -0.3 is 14.6 Å². The van der Waals surface area contributed by atoms with Crippen molar-refractivity contribution >= 4 is 11.6 Å². The van der Waals surface area contributed by atoms with Gasteiger partial charge in [-0.2, -0.15) is 0 Å². The molecule has 1 N–H and O–H groups in total. The summed E-state index contributed by atoms with van der Waals surface area (Å²) in [5.74, 6) is 1.39. The Morgan fingerprint density at radius 2 is 1.70 bits per heavy atom. The molecule has 3 rings (SSSR count). The summed E-state index contributed by atoms with van der Waals surface area (Å²) in [7, 11) is 1.63. The zero-order chi connectivity index (χ0) is 16.2. The lowest BCUT2D eigenvalue weighted by atomic mass is 10.1. The van der Waals surface area contributed by atoms with E-state index >= 15 is 0 Å². The van der Waals surface area contributed by atoms with Gasteiger partial charge in [-0.1, -0.05) is 17.3 Å². The van der Waals surface area contributed by atoms with Gasteiger partial charge in [0.05, 0.1) is 7.11 Å². The number of hydrogen-bond donors (Lipinski definition) is 1. The Hall–Kier alpha value is -3.08. The fourth-order valence-corrected chi connectivity index (χ4v) is 2.23. The quantitative estimate of drug-likeness (QED) is 0.792. The number of nitrogens with zero attached hydrogens (tertiary/aromatic N) is 1. The van der Waals surface area contributed by atoms with Crippen LogP contribution in [0.4, 0.5) is 5.69 Å². The van der Waals surface area contributed by atoms with Crippen molar-refractivity contribution in [1.82, 2.24) is 5.16 Å². The van der Waals surface area contributed by atoms with Crippen LogP contribution in [-0.2, 0) is 4.79 Å². The van der Waals surface area contributed by atoms with Gasteiger partial charge >= 0.3 is 0 Å². The van der Waals surface area contributed by atoms with E-state index in [2.05, 4.69) is 10.5 Å². The number of benzene rings is 2. The zero-order valence-corrected chi connectivity index (χ0v) is 12.9. The fraction of sp³-hybridized carbons (Fsp3) is 0.111. The highest BCUT2D eigenvalue weighted by atomic mass is 16.5. The van der Waals surface area contributed by atoms with Gasteiger partial charge in [0.15, 0.2) is 5.76 Å². The molecule has 0 saturated heterocycles. The second-order valence-electron chi connectivity index (χ2n) is 5.06. The van der Waals surface area contributed by atoms with Crippen LogP contribution in [0.2, 0.25) is 0 Å². The molecule has 5 heteroatoms. The first kappa shape index (κ1) is 14.8. The Bertz CT molecular complexity index is 805. The van der Waals surface area contributed by atoms with E-state index in [4.69, 9.17) is 9.26 Å². The van der Waals surface area contributed by atoms with E-state index < -0.39 is 0 Å². The molecule has 0 spiro atoms. The first-order valence-electron chi connectivity index (χ1n) is 7.15. The summed E-state index contributed by atoms with van der Waals surface area (Å²) in [6.45, 7) is 1.48. The minimum Gasteiger partial charge on any atom is -0.497 e. The van der Waals surface area contributed by atoms with Crippen LogP contribution >= 0.6 is 0 Å². The van der Waals surface area contributed by atoms with Gasteiger partial charge in [-0.3, -0.25) is 4.79 Å². The van der Waals surface area contributed by atoms with Crippen LogP contribution in [0.3, 0.4) is 0 Å². The van der Waals surface area contributed by atoms with Crippen LogP contribution in [0.1, 0.15) is 6.92 Å². The zero-order valence-electron chi connectivity index (χ0n) is 12.9. The molecular weight excluding hydrogens is 292 g/mol. The molecule has 0 aliphatic carbocycles. The number of carbonyl (C=O) groups excluding carboxylic acids is 1. The van der Waals surface area contributed by atoms with Gasteiger partial charge in [0.1, 0.15) is 11.4 Å². The van der Waals surface area contributed by atoms with Crippen molar-refractivity contribution < 1.29 is 14.1 Å². The molecule has 0 aliphatic heterocycles. The lowest BCUT2D eigenvalue weighted by molar-refractivity contribution is -0.114. The Kier molecular flexibility index (Phi) is 4.10. The molecule has 0 atom stereocenters. The number of hydrogen-bond acceptors (Lipinski definition) is 4. The van der Waals surface area contributed by atoms with Crippen molar-refractivity contribution in [3.63, 3.8) is 0 Å². The summed E-state index contributed by atoms with van der Waals surface area (Å²) in [4.78, 5) is 11.0. The van der Waals surface area contributed by atoms with E-state index in [-0.39, 0.29) is 5.91 Å². The van der Waals surface area contributed by atoms with Gasteiger partial charge in [-0.25, -0.2) is 0 Å². The number of carbonyl (C=O) groups is 1. The SMILES string of the molecule is COc1ccc(-c2cc(-c3ccc(NC(C)=O)cc3)no2)cc1. The maximum atomic E-state index is 11.0. The second-order valence-corrected chi connectivity index (χ2v) is 5.06. The Labute approximate surface area is 133 Å². The van der Waals surface area contributed by atoms with Crippen molar-refractivity contribution in [1.29, 1.82) is 0 Å². The molecule has 0 saturated carbocycles. The number of aromatic nitrogens is 1. The highest BCUT2D eigenvalue weighted by molar-refractivity contribution is 5.88. The fourth-order valence-electron chi connectivity index (χ4n) is 2.23. The predicted molar refractivity (Wildman–Crippen MR) is 88.2 cm³/mol. The summed E-state index contributed by atoms with van der Waals surface area (Å²) in [6.07, 6.45) is 0. The molecule has 1 amide bonds. The Morgan fingerprint density at radius 3 is 2.30 bits per heavy atom. The molecule has 2 aromatic carbocycles. The normalized spacial score (nSPS) is 10.3. The largest absolute Gasteiger partial charge is 0.497 e. The third kappa shape index (κ3) is 3.40. The summed E-state index contributed by atoms with van der Waals surface area (Å²) in [5, 5.41) is 6.83. The average molecular weight is 308 g/mol. The summed E-state index contributed by atoms with van der Waals surface area (Å²) in [5.41, 5.74) is 3.34. The summed E-state index contributed by atoms with van der Waals surface area (Å²) in [6, 6.07) is 16.9. The maximum absolute atomic E-state index is 11.0. The van der Waals surface area contributed by atoms with E-state index in [1.54, 1.807) is 7.11 Å². The highest BCUT2D eigenvalue weighted by Crippen LogP contribution is 2.27. The topological polar surface area (TPSA) is 64.4 Å². The number of nitrogens with one attached hydrogen (secondary N) is 1. The monoisotopic (exact) mass is 308 g/mol. The molecule has 3 aromatic rings. The molecule has 0 aliphatic rings. The van der Waals surface area contributed by atoms with E-state index in [0.717, 1.165) is 28.3 Å². The van der Waals surface area contributed by atoms with Crippen LogP contribution in [-0.4, -0.2) is 18.2 Å². The van der Waals surface area contributed by atoms with Crippen LogP contribution in [0, 0.1) is 0 Å². The molecule has 0 bridgehead atoms. The van der Waals surface area contributed by atoms with Crippen molar-refractivity contribution in [2.45, 2.75) is 6.92 Å². The van der Waals surface area contributed by atoms with E-state index in [1.807, 2.05) is 54.6 Å². The number of amides is 1. The first-order chi connectivity index (χ1) is 11.2. The average Bonchev–Trinajstić information content (AvgIpc) is 3.05. The number of methoxy groups -OCH3 is 1. The third-order valence-corrected chi connectivity index (χ3v) is 3.39. The van der Waals surface area contributed by atoms with Crippen molar-refractivity contribution in [3.8, 4) is 28.3 Å². The minimum atomic E-state index is -0.0963. The van der Waals surface area contributed by atoms with E-state index in [9.17, 15) is 4.79 Å². The van der Waals surface area contributed by atoms with Crippen molar-refractivity contribution in [3.05, 3.63) is 54.6 Å². The lowest BCUT2D eigenvalue weighted by Gasteiger charge is -2.02. The molecule has 1 aromatic heterocycles. The Morgan fingerprint density at radius 1 is 1.04 bits per heavy atom. The number of ether oxygens (including phenoxy) is 1. The molecule has 0 radical (unpaired) electrons. The minimum absolute atomic E-state index is 0.0963. The lowest BCUT2D eigenvalue weighted by Crippen LogP contribution is -2.05. The first-order valence-corrected chi connectivity index (χ1v) is 7.15. The second kappa shape index (κ2) is 6.36. The predicted octanol–water partition coefficient (Wildman–Crippen LogP) is 3.98. The number of rotatable bonds is 4. The van der Waals surface area contributed by atoms with Gasteiger partial charge in [-0.05, 0) is 36.4 Å². The third-order valence-electron chi connectivity index (χ3n) is 3.39. The molecule has 23 heavy (non-hydrogen) atoms. The standard InChI is InChI=1S/C18H16N2O3/c1-12(21)19-15-7-3-13(4-8-15)17-11-18(23-20-17)14-5-9-16(22-2)10-6-14/h3-11H,1-2H3,(H,19,21). The molecule has 116 valence electrons. The maximum Gasteiger partial charge on any atom is 0.221 e. The van der Waals surface area contributed by atoms with Gasteiger partial charge in [0, 0.05) is 29.8 Å².